The number of piperazine rings is 1. The summed E-state index contributed by atoms with van der Waals surface area (Å²) < 4.78 is 27.7. The third kappa shape index (κ3) is 2.80. The largest absolute Gasteiger partial charge is 0.398 e. The van der Waals surface area contributed by atoms with Crippen molar-refractivity contribution in [3.05, 3.63) is 22.8 Å². The molecule has 1 aliphatic heterocycles. The number of likely N-dealkylation sites (N-methyl/N-ethyl adjacent to an activating group) is 1. The van der Waals surface area contributed by atoms with E-state index in [9.17, 15) is 8.42 Å². The van der Waals surface area contributed by atoms with Crippen LogP contribution in [-0.2, 0) is 10.0 Å². The lowest BCUT2D eigenvalue weighted by atomic mass is 10.1. The van der Waals surface area contributed by atoms with Gasteiger partial charge in [0.25, 0.3) is 0 Å². The fraction of sp³-hybridized carbons (Fsp3) is 0.600. The average Bonchev–Trinajstić information content (AvgIpc) is 2.35. The highest BCUT2D eigenvalue weighted by Gasteiger charge is 2.35. The second kappa shape index (κ2) is 5.59. The summed E-state index contributed by atoms with van der Waals surface area (Å²) in [7, 11) is -1.49. The van der Waals surface area contributed by atoms with Crippen LogP contribution < -0.4 is 5.73 Å². The van der Waals surface area contributed by atoms with Gasteiger partial charge in [-0.2, -0.15) is 4.31 Å². The molecular weight excluding hydrogens is 286 g/mol. The molecule has 118 valence electrons. The van der Waals surface area contributed by atoms with Crippen molar-refractivity contribution in [3.63, 3.8) is 0 Å². The molecule has 6 heteroatoms. The summed E-state index contributed by atoms with van der Waals surface area (Å²) >= 11 is 0. The number of sulfonamides is 1. The molecule has 0 radical (unpaired) electrons. The van der Waals surface area contributed by atoms with Crippen molar-refractivity contribution in [3.8, 4) is 0 Å². The van der Waals surface area contributed by atoms with E-state index >= 15 is 0 Å². The van der Waals surface area contributed by atoms with Crippen LogP contribution in [0, 0.1) is 20.8 Å². The van der Waals surface area contributed by atoms with Gasteiger partial charge >= 0.3 is 0 Å². The van der Waals surface area contributed by atoms with Crippen molar-refractivity contribution in [1.82, 2.24) is 9.21 Å². The first-order valence-corrected chi connectivity index (χ1v) is 8.67. The Balaban J connectivity index is 2.53. The summed E-state index contributed by atoms with van der Waals surface area (Å²) in [6.45, 7) is 9.52. The monoisotopic (exact) mass is 311 g/mol. The number of nitrogen functional groups attached to an aromatic ring is 1. The number of hydrogen-bond donors (Lipinski definition) is 1. The van der Waals surface area contributed by atoms with E-state index in [2.05, 4.69) is 4.90 Å². The maximum absolute atomic E-state index is 13.1. The summed E-state index contributed by atoms with van der Waals surface area (Å²) in [4.78, 5) is 2.53. The number of anilines is 1. The molecule has 0 bridgehead atoms. The fourth-order valence-corrected chi connectivity index (χ4v) is 5.24. The van der Waals surface area contributed by atoms with Gasteiger partial charge in [-0.1, -0.05) is 6.07 Å². The summed E-state index contributed by atoms with van der Waals surface area (Å²) in [5.41, 5.74) is 8.97. The first-order valence-electron chi connectivity index (χ1n) is 7.23. The highest BCUT2D eigenvalue weighted by molar-refractivity contribution is 7.89. The van der Waals surface area contributed by atoms with E-state index in [1.54, 1.807) is 11.2 Å². The van der Waals surface area contributed by atoms with Crippen LogP contribution in [0.2, 0.25) is 0 Å². The lowest BCUT2D eigenvalue weighted by Gasteiger charge is -2.37. The third-order valence-electron chi connectivity index (χ3n) is 4.30. The predicted octanol–water partition coefficient (Wildman–Crippen LogP) is 1.52. The number of benzene rings is 1. The normalized spacial score (nSPS) is 21.7. The topological polar surface area (TPSA) is 66.6 Å². The van der Waals surface area contributed by atoms with Crippen molar-refractivity contribution in [2.75, 3.05) is 32.4 Å². The van der Waals surface area contributed by atoms with Gasteiger partial charge in [-0.05, 0) is 51.4 Å². The quantitative estimate of drug-likeness (QED) is 0.841. The molecule has 0 spiro atoms. The molecule has 0 aliphatic carbocycles. The molecule has 1 aromatic rings. The molecule has 1 atom stereocenters. The van der Waals surface area contributed by atoms with E-state index in [0.29, 0.717) is 22.7 Å². The van der Waals surface area contributed by atoms with Crippen LogP contribution in [-0.4, -0.2) is 50.3 Å². The highest BCUT2D eigenvalue weighted by atomic mass is 32.2. The summed E-state index contributed by atoms with van der Waals surface area (Å²) in [5, 5.41) is 0. The molecule has 0 amide bonds. The van der Waals surface area contributed by atoms with Gasteiger partial charge in [-0.25, -0.2) is 8.42 Å². The summed E-state index contributed by atoms with van der Waals surface area (Å²) in [6.07, 6.45) is 0. The molecule has 1 fully saturated rings. The average molecular weight is 311 g/mol. The van der Waals surface area contributed by atoms with Gasteiger partial charge in [0.15, 0.2) is 0 Å². The second-order valence-electron chi connectivity index (χ2n) is 6.11. The summed E-state index contributed by atoms with van der Waals surface area (Å²) in [5.74, 6) is 0. The van der Waals surface area contributed by atoms with Crippen molar-refractivity contribution < 1.29 is 8.42 Å². The maximum Gasteiger partial charge on any atom is 0.244 e. The Morgan fingerprint density at radius 3 is 2.38 bits per heavy atom. The molecule has 5 nitrogen and oxygen atoms in total. The Morgan fingerprint density at radius 2 is 1.81 bits per heavy atom. The highest BCUT2D eigenvalue weighted by Crippen LogP contribution is 2.31. The molecule has 2 N–H and O–H groups in total. The van der Waals surface area contributed by atoms with Gasteiger partial charge in [0.1, 0.15) is 0 Å². The number of nitrogens with two attached hydrogens (primary N) is 1. The van der Waals surface area contributed by atoms with Crippen LogP contribution in [0.4, 0.5) is 5.69 Å². The van der Waals surface area contributed by atoms with Crippen LogP contribution in [0.1, 0.15) is 23.6 Å². The van der Waals surface area contributed by atoms with Gasteiger partial charge in [-0.3, -0.25) is 0 Å². The van der Waals surface area contributed by atoms with E-state index in [-0.39, 0.29) is 6.04 Å². The Morgan fingerprint density at radius 1 is 1.19 bits per heavy atom. The molecule has 1 saturated heterocycles. The van der Waals surface area contributed by atoms with Crippen LogP contribution in [0.15, 0.2) is 11.0 Å². The zero-order valence-electron chi connectivity index (χ0n) is 13.5. The number of nitrogens with zero attached hydrogens (tertiary/aromatic N) is 2. The van der Waals surface area contributed by atoms with E-state index in [4.69, 9.17) is 5.73 Å². The molecular formula is C15H25N3O2S. The van der Waals surface area contributed by atoms with Gasteiger partial charge in [0, 0.05) is 31.4 Å². The van der Waals surface area contributed by atoms with Crippen LogP contribution in [0.25, 0.3) is 0 Å². The lowest BCUT2D eigenvalue weighted by Crippen LogP contribution is -2.52. The minimum atomic E-state index is -3.51. The lowest BCUT2D eigenvalue weighted by molar-refractivity contribution is 0.170. The fourth-order valence-electron chi connectivity index (χ4n) is 3.18. The Bertz CT molecular complexity index is 655. The van der Waals surface area contributed by atoms with Crippen LogP contribution in [0.5, 0.6) is 0 Å². The van der Waals surface area contributed by atoms with Gasteiger partial charge < -0.3 is 10.6 Å². The van der Waals surface area contributed by atoms with Crippen molar-refractivity contribution >= 4 is 15.7 Å². The molecule has 0 saturated carbocycles. The molecule has 1 heterocycles. The maximum atomic E-state index is 13.1. The molecule has 1 aliphatic rings. The first-order chi connectivity index (χ1) is 9.66. The Labute approximate surface area is 127 Å². The van der Waals surface area contributed by atoms with Gasteiger partial charge in [0.2, 0.25) is 10.0 Å². The minimum absolute atomic E-state index is 0.0323. The molecule has 2 rings (SSSR count). The molecule has 0 aromatic heterocycles. The van der Waals surface area contributed by atoms with E-state index in [1.807, 2.05) is 33.9 Å². The molecule has 21 heavy (non-hydrogen) atoms. The van der Waals surface area contributed by atoms with Crippen molar-refractivity contribution in [2.24, 2.45) is 0 Å². The van der Waals surface area contributed by atoms with Gasteiger partial charge in [0.05, 0.1) is 4.90 Å². The predicted molar refractivity (Wildman–Crippen MR) is 85.9 cm³/mol. The van der Waals surface area contributed by atoms with E-state index < -0.39 is 10.0 Å². The minimum Gasteiger partial charge on any atom is -0.398 e. The standard InChI is InChI=1S/C15H25N3O2S/c1-10-8-11(2)15(13(4)14(10)16)21(19,20)18-7-6-17(5)9-12(18)3/h8,12H,6-7,9,16H2,1-5H3. The van der Waals surface area contributed by atoms with E-state index in [0.717, 1.165) is 24.2 Å². The van der Waals surface area contributed by atoms with E-state index in [1.165, 1.54) is 0 Å². The Hall–Kier alpha value is -1.11. The Kier molecular flexibility index (Phi) is 4.33. The molecule has 1 aromatic carbocycles. The van der Waals surface area contributed by atoms with Crippen LogP contribution in [0.3, 0.4) is 0 Å². The van der Waals surface area contributed by atoms with Crippen LogP contribution >= 0.6 is 0 Å². The third-order valence-corrected chi connectivity index (χ3v) is 6.60. The van der Waals surface area contributed by atoms with Crippen molar-refractivity contribution in [2.45, 2.75) is 38.6 Å². The second-order valence-corrected chi connectivity index (χ2v) is 7.93. The smallest absolute Gasteiger partial charge is 0.244 e. The summed E-state index contributed by atoms with van der Waals surface area (Å²) in [6, 6.07) is 1.82. The zero-order valence-corrected chi connectivity index (χ0v) is 14.3. The van der Waals surface area contributed by atoms with Gasteiger partial charge in [-0.15, -0.1) is 0 Å². The zero-order chi connectivity index (χ0) is 15.9. The van der Waals surface area contributed by atoms with Crippen molar-refractivity contribution in [1.29, 1.82) is 0 Å². The SMILES string of the molecule is Cc1cc(C)c(S(=O)(=O)N2CCN(C)CC2C)c(C)c1N. The number of rotatable bonds is 2. The first kappa shape index (κ1) is 16.3. The number of aryl methyl sites for hydroxylation is 2. The number of hydrogen-bond acceptors (Lipinski definition) is 4. The molecule has 1 unspecified atom stereocenters.